The number of pyridine rings is 1. The number of nitrogens with zero attached hydrogens (tertiary/aromatic N) is 3. The first-order valence-electron chi connectivity index (χ1n) is 11.8. The number of rotatable bonds is 7. The van der Waals surface area contributed by atoms with Gasteiger partial charge in [-0.1, -0.05) is 12.1 Å². The lowest BCUT2D eigenvalue weighted by molar-refractivity contribution is -0.119. The van der Waals surface area contributed by atoms with E-state index < -0.39 is 0 Å². The normalized spacial score (nSPS) is 21.2. The van der Waals surface area contributed by atoms with Gasteiger partial charge in [0, 0.05) is 53.4 Å². The summed E-state index contributed by atoms with van der Waals surface area (Å²) >= 11 is 0. The monoisotopic (exact) mass is 444 g/mol. The lowest BCUT2D eigenvalue weighted by Gasteiger charge is -2.20. The van der Waals surface area contributed by atoms with Gasteiger partial charge in [-0.15, -0.1) is 0 Å². The van der Waals surface area contributed by atoms with Crippen LogP contribution in [-0.4, -0.2) is 38.8 Å². The minimum Gasteiger partial charge on any atom is -0.473 e. The van der Waals surface area contributed by atoms with Gasteiger partial charge in [0.2, 0.25) is 11.8 Å². The molecule has 4 N–H and O–H groups in total. The number of nitrogens with two attached hydrogens (primary N) is 1. The van der Waals surface area contributed by atoms with Gasteiger partial charge in [-0.25, -0.2) is 9.97 Å². The van der Waals surface area contributed by atoms with Crippen molar-refractivity contribution in [2.45, 2.75) is 51.2 Å². The Hall–Kier alpha value is -3.42. The Morgan fingerprint density at radius 2 is 2.09 bits per heavy atom. The minimum absolute atomic E-state index is 0.0673. The van der Waals surface area contributed by atoms with E-state index in [0.29, 0.717) is 42.2 Å². The third-order valence-corrected chi connectivity index (χ3v) is 7.05. The van der Waals surface area contributed by atoms with Crippen LogP contribution < -0.4 is 15.8 Å². The SMILES string of the molecule is C[C@@H](Oc1nc(-c2ccc(C(=N)C3CC3)c(N)c2)cc2ncn(C3CC3)c12)[C@H]1CNC(=O)C1. The molecule has 6 rings (SSSR count). The number of amides is 1. The molecule has 3 aliphatic rings. The first kappa shape index (κ1) is 20.2. The molecule has 2 aliphatic carbocycles. The highest BCUT2D eigenvalue weighted by atomic mass is 16.5. The summed E-state index contributed by atoms with van der Waals surface area (Å²) < 4.78 is 8.57. The molecule has 1 aliphatic heterocycles. The molecule has 33 heavy (non-hydrogen) atoms. The molecule has 8 nitrogen and oxygen atoms in total. The largest absolute Gasteiger partial charge is 0.473 e. The van der Waals surface area contributed by atoms with Crippen LogP contribution in [-0.2, 0) is 4.79 Å². The number of carbonyl (C=O) groups is 1. The molecule has 1 aromatic carbocycles. The molecule has 2 atom stereocenters. The van der Waals surface area contributed by atoms with Crippen LogP contribution in [0.3, 0.4) is 0 Å². The summed E-state index contributed by atoms with van der Waals surface area (Å²) in [4.78, 5) is 21.3. The molecule has 2 aromatic heterocycles. The molecule has 2 saturated carbocycles. The van der Waals surface area contributed by atoms with E-state index in [0.717, 1.165) is 53.5 Å². The Balaban J connectivity index is 1.38. The summed E-state index contributed by atoms with van der Waals surface area (Å²) in [6.07, 6.45) is 6.59. The molecule has 1 saturated heterocycles. The maximum Gasteiger partial charge on any atom is 0.241 e. The van der Waals surface area contributed by atoms with E-state index in [1.807, 2.05) is 37.5 Å². The van der Waals surface area contributed by atoms with Crippen LogP contribution in [0.15, 0.2) is 30.6 Å². The number of ether oxygens (including phenoxy) is 1. The number of carbonyl (C=O) groups excluding carboxylic acids is 1. The van der Waals surface area contributed by atoms with Gasteiger partial charge < -0.3 is 25.8 Å². The standard InChI is InChI=1S/C25H28N6O2/c1-13(16-9-22(32)28-11-16)33-25-24-21(29-12-31(24)17-5-6-17)10-20(30-25)15-4-7-18(19(26)8-15)23(27)14-2-3-14/h4,7-8,10,12-14,16-17,27H,2-3,5-6,9,11,26H2,1H3,(H,28,32)/t13-,16-/m1/s1. The van der Waals surface area contributed by atoms with Crippen molar-refractivity contribution < 1.29 is 9.53 Å². The van der Waals surface area contributed by atoms with Crippen LogP contribution in [0.1, 0.15) is 50.6 Å². The fourth-order valence-corrected chi connectivity index (χ4v) is 4.68. The molecule has 8 heteroatoms. The van der Waals surface area contributed by atoms with Crippen LogP contribution in [0.5, 0.6) is 5.88 Å². The molecule has 3 fully saturated rings. The number of anilines is 1. The fourth-order valence-electron chi connectivity index (χ4n) is 4.68. The summed E-state index contributed by atoms with van der Waals surface area (Å²) in [5, 5.41) is 11.3. The summed E-state index contributed by atoms with van der Waals surface area (Å²) in [5.41, 5.74) is 11.7. The molecule has 3 heterocycles. The van der Waals surface area contributed by atoms with Crippen LogP contribution in [0.25, 0.3) is 22.3 Å². The van der Waals surface area contributed by atoms with E-state index in [-0.39, 0.29) is 17.9 Å². The molecule has 0 spiro atoms. The highest BCUT2D eigenvalue weighted by Crippen LogP contribution is 2.41. The van der Waals surface area contributed by atoms with Crippen LogP contribution in [0, 0.1) is 17.2 Å². The third-order valence-electron chi connectivity index (χ3n) is 7.05. The molecular weight excluding hydrogens is 416 g/mol. The van der Waals surface area contributed by atoms with E-state index >= 15 is 0 Å². The predicted molar refractivity (Wildman–Crippen MR) is 126 cm³/mol. The van der Waals surface area contributed by atoms with E-state index in [1.54, 1.807) is 0 Å². The van der Waals surface area contributed by atoms with Gasteiger partial charge in [0.1, 0.15) is 11.6 Å². The van der Waals surface area contributed by atoms with Crippen LogP contribution in [0.2, 0.25) is 0 Å². The molecule has 1 amide bonds. The maximum absolute atomic E-state index is 11.7. The summed E-state index contributed by atoms with van der Waals surface area (Å²) in [7, 11) is 0. The third kappa shape index (κ3) is 3.73. The van der Waals surface area contributed by atoms with Crippen LogP contribution in [0.4, 0.5) is 5.69 Å². The van der Waals surface area contributed by atoms with Gasteiger partial charge in [0.25, 0.3) is 0 Å². The Bertz CT molecular complexity index is 1270. The zero-order valence-corrected chi connectivity index (χ0v) is 18.7. The maximum atomic E-state index is 11.7. The second-order valence-corrected chi connectivity index (χ2v) is 9.64. The average molecular weight is 445 g/mol. The molecule has 0 bridgehead atoms. The van der Waals surface area contributed by atoms with Crippen molar-refractivity contribution in [2.24, 2.45) is 11.8 Å². The number of hydrogen-bond donors (Lipinski definition) is 3. The van der Waals surface area contributed by atoms with Gasteiger partial charge in [0.15, 0.2) is 0 Å². The average Bonchev–Trinajstić information content (AvgIpc) is 3.73. The van der Waals surface area contributed by atoms with Crippen molar-refractivity contribution >= 4 is 28.3 Å². The minimum atomic E-state index is -0.163. The van der Waals surface area contributed by atoms with E-state index in [9.17, 15) is 4.79 Å². The van der Waals surface area contributed by atoms with Gasteiger partial charge in [0.05, 0.1) is 17.5 Å². The van der Waals surface area contributed by atoms with Crippen molar-refractivity contribution in [3.05, 3.63) is 36.2 Å². The Labute approximate surface area is 192 Å². The van der Waals surface area contributed by atoms with Crippen molar-refractivity contribution in [2.75, 3.05) is 12.3 Å². The number of imidazole rings is 1. The fraction of sp³-hybridized carbons (Fsp3) is 0.440. The topological polar surface area (TPSA) is 119 Å². The molecular formula is C25H28N6O2. The Kier molecular flexibility index (Phi) is 4.64. The molecule has 0 radical (unpaired) electrons. The van der Waals surface area contributed by atoms with Crippen molar-refractivity contribution in [1.82, 2.24) is 19.9 Å². The molecule has 3 aromatic rings. The Morgan fingerprint density at radius 3 is 2.76 bits per heavy atom. The quantitative estimate of drug-likeness (QED) is 0.379. The highest BCUT2D eigenvalue weighted by molar-refractivity contribution is 6.05. The van der Waals surface area contributed by atoms with Crippen molar-refractivity contribution in [3.8, 4) is 17.1 Å². The zero-order valence-electron chi connectivity index (χ0n) is 18.7. The predicted octanol–water partition coefficient (Wildman–Crippen LogP) is 3.70. The molecule has 170 valence electrons. The van der Waals surface area contributed by atoms with Crippen molar-refractivity contribution in [3.63, 3.8) is 0 Å². The van der Waals surface area contributed by atoms with Crippen molar-refractivity contribution in [1.29, 1.82) is 5.41 Å². The lowest BCUT2D eigenvalue weighted by Crippen LogP contribution is -2.26. The first-order chi connectivity index (χ1) is 16.0. The summed E-state index contributed by atoms with van der Waals surface area (Å²) in [6.45, 7) is 2.62. The summed E-state index contributed by atoms with van der Waals surface area (Å²) in [6, 6.07) is 8.22. The van der Waals surface area contributed by atoms with Gasteiger partial charge in [-0.3, -0.25) is 4.79 Å². The lowest BCUT2D eigenvalue weighted by atomic mass is 10.0. The summed E-state index contributed by atoms with van der Waals surface area (Å²) in [5.74, 6) is 1.07. The number of fused-ring (bicyclic) bond motifs is 1. The highest BCUT2D eigenvalue weighted by Gasteiger charge is 2.32. The second kappa shape index (κ2) is 7.57. The number of nitrogens with one attached hydrogen (secondary N) is 2. The second-order valence-electron chi connectivity index (χ2n) is 9.64. The number of hydrogen-bond acceptors (Lipinski definition) is 6. The smallest absolute Gasteiger partial charge is 0.241 e. The van der Waals surface area contributed by atoms with Gasteiger partial charge in [-0.05, 0) is 44.7 Å². The van der Waals surface area contributed by atoms with Gasteiger partial charge in [-0.2, -0.15) is 0 Å². The first-order valence-corrected chi connectivity index (χ1v) is 11.8. The van der Waals surface area contributed by atoms with Crippen LogP contribution >= 0.6 is 0 Å². The number of nitrogen functional groups attached to an aromatic ring is 1. The van der Waals surface area contributed by atoms with Gasteiger partial charge >= 0.3 is 0 Å². The molecule has 0 unspecified atom stereocenters. The number of benzene rings is 1. The van der Waals surface area contributed by atoms with E-state index in [4.69, 9.17) is 20.9 Å². The number of aromatic nitrogens is 3. The van der Waals surface area contributed by atoms with E-state index in [2.05, 4.69) is 14.9 Å². The Morgan fingerprint density at radius 1 is 1.27 bits per heavy atom. The van der Waals surface area contributed by atoms with E-state index in [1.165, 1.54) is 0 Å². The zero-order chi connectivity index (χ0) is 22.7.